The van der Waals surface area contributed by atoms with E-state index in [1.807, 2.05) is 6.08 Å². The van der Waals surface area contributed by atoms with Crippen LogP contribution in [0.3, 0.4) is 0 Å². The summed E-state index contributed by atoms with van der Waals surface area (Å²) in [7, 11) is 0. The fourth-order valence-electron chi connectivity index (χ4n) is 3.02. The SMILES string of the molecule is C[C@H](OC(=O)C[C@H]1C=CCC1)C(=O)N1CC(=O)Nc2ccccc21. The molecule has 6 nitrogen and oxygen atoms in total. The lowest BCUT2D eigenvalue weighted by atomic mass is 10.1. The molecule has 2 aliphatic rings. The smallest absolute Gasteiger partial charge is 0.307 e. The third-order valence-corrected chi connectivity index (χ3v) is 4.23. The Labute approximate surface area is 140 Å². The summed E-state index contributed by atoms with van der Waals surface area (Å²) in [5.41, 5.74) is 1.19. The van der Waals surface area contributed by atoms with Gasteiger partial charge in [-0.25, -0.2) is 0 Å². The molecule has 0 fully saturated rings. The van der Waals surface area contributed by atoms with E-state index in [0.29, 0.717) is 11.4 Å². The van der Waals surface area contributed by atoms with Crippen LogP contribution in [-0.2, 0) is 19.1 Å². The van der Waals surface area contributed by atoms with Crippen molar-refractivity contribution < 1.29 is 19.1 Å². The van der Waals surface area contributed by atoms with E-state index in [1.54, 1.807) is 31.2 Å². The minimum Gasteiger partial charge on any atom is -0.453 e. The first-order chi connectivity index (χ1) is 11.5. The largest absolute Gasteiger partial charge is 0.453 e. The fraction of sp³-hybridized carbons (Fsp3) is 0.389. The Balaban J connectivity index is 1.66. The molecule has 0 radical (unpaired) electrons. The van der Waals surface area contributed by atoms with Gasteiger partial charge in [-0.1, -0.05) is 24.3 Å². The minimum absolute atomic E-state index is 0.0803. The molecule has 1 aliphatic carbocycles. The number of ether oxygens (including phenoxy) is 1. The molecule has 3 rings (SSSR count). The van der Waals surface area contributed by atoms with Gasteiger partial charge in [0, 0.05) is 0 Å². The molecule has 1 aliphatic heterocycles. The standard InChI is InChI=1S/C18H20N2O4/c1-12(24-17(22)10-13-6-2-3-7-13)18(23)20-11-16(21)19-14-8-4-5-9-15(14)20/h2,4-6,8-9,12-13H,3,7,10-11H2,1H3,(H,19,21)/t12-,13-/m0/s1. The first kappa shape index (κ1) is 16.2. The predicted octanol–water partition coefficient (Wildman–Crippen LogP) is 2.26. The highest BCUT2D eigenvalue weighted by Crippen LogP contribution is 2.29. The Morgan fingerprint density at radius 1 is 1.38 bits per heavy atom. The minimum atomic E-state index is -0.929. The summed E-state index contributed by atoms with van der Waals surface area (Å²) in [6, 6.07) is 7.06. The lowest BCUT2D eigenvalue weighted by molar-refractivity contribution is -0.154. The summed E-state index contributed by atoms with van der Waals surface area (Å²) in [6.45, 7) is 1.46. The molecule has 24 heavy (non-hydrogen) atoms. The summed E-state index contributed by atoms with van der Waals surface area (Å²) >= 11 is 0. The van der Waals surface area contributed by atoms with Gasteiger partial charge < -0.3 is 10.1 Å². The first-order valence-corrected chi connectivity index (χ1v) is 8.11. The predicted molar refractivity (Wildman–Crippen MR) is 89.5 cm³/mol. The van der Waals surface area contributed by atoms with Crippen LogP contribution < -0.4 is 10.2 Å². The molecule has 0 saturated carbocycles. The van der Waals surface area contributed by atoms with Crippen LogP contribution in [0, 0.1) is 5.92 Å². The Morgan fingerprint density at radius 2 is 2.17 bits per heavy atom. The molecule has 6 heteroatoms. The number of anilines is 2. The topological polar surface area (TPSA) is 75.7 Å². The second-order valence-electron chi connectivity index (χ2n) is 6.09. The van der Waals surface area contributed by atoms with E-state index in [0.717, 1.165) is 12.8 Å². The number of carbonyl (C=O) groups excluding carboxylic acids is 3. The van der Waals surface area contributed by atoms with Crippen LogP contribution in [0.2, 0.25) is 0 Å². The number of allylic oxidation sites excluding steroid dienone is 2. The maximum Gasteiger partial charge on any atom is 0.307 e. The van der Waals surface area contributed by atoms with Gasteiger partial charge in [0.05, 0.1) is 17.8 Å². The molecule has 1 N–H and O–H groups in total. The number of amides is 2. The molecule has 126 valence electrons. The number of benzene rings is 1. The zero-order valence-corrected chi connectivity index (χ0v) is 13.5. The average molecular weight is 328 g/mol. The van der Waals surface area contributed by atoms with Crippen LogP contribution in [0.5, 0.6) is 0 Å². The molecular weight excluding hydrogens is 308 g/mol. The fourth-order valence-corrected chi connectivity index (χ4v) is 3.02. The second-order valence-corrected chi connectivity index (χ2v) is 6.09. The van der Waals surface area contributed by atoms with Gasteiger partial charge in [0.25, 0.3) is 5.91 Å². The van der Waals surface area contributed by atoms with Crippen LogP contribution in [0.15, 0.2) is 36.4 Å². The van der Waals surface area contributed by atoms with Crippen molar-refractivity contribution in [2.75, 3.05) is 16.8 Å². The van der Waals surface area contributed by atoms with Crippen molar-refractivity contribution in [3.05, 3.63) is 36.4 Å². The summed E-state index contributed by atoms with van der Waals surface area (Å²) in [5.74, 6) is -0.854. The normalized spacial score (nSPS) is 20.3. The van der Waals surface area contributed by atoms with E-state index >= 15 is 0 Å². The molecule has 0 aromatic heterocycles. The average Bonchev–Trinajstić information content (AvgIpc) is 3.06. The molecule has 1 aromatic carbocycles. The maximum absolute atomic E-state index is 12.6. The first-order valence-electron chi connectivity index (χ1n) is 8.11. The number of fused-ring (bicyclic) bond motifs is 1. The summed E-state index contributed by atoms with van der Waals surface area (Å²) in [5, 5.41) is 2.72. The molecule has 0 unspecified atom stereocenters. The van der Waals surface area contributed by atoms with Crippen molar-refractivity contribution in [2.24, 2.45) is 5.92 Å². The van der Waals surface area contributed by atoms with Crippen molar-refractivity contribution in [2.45, 2.75) is 32.3 Å². The quantitative estimate of drug-likeness (QED) is 0.679. The number of hydrogen-bond acceptors (Lipinski definition) is 4. The number of hydrogen-bond donors (Lipinski definition) is 1. The number of esters is 1. The van der Waals surface area contributed by atoms with Gasteiger partial charge in [0.1, 0.15) is 6.54 Å². The third kappa shape index (κ3) is 3.48. The van der Waals surface area contributed by atoms with Gasteiger partial charge in [-0.05, 0) is 37.8 Å². The van der Waals surface area contributed by atoms with E-state index in [-0.39, 0.29) is 30.8 Å². The number of rotatable bonds is 4. The van der Waals surface area contributed by atoms with Gasteiger partial charge in [0.2, 0.25) is 5.91 Å². The lowest BCUT2D eigenvalue weighted by Crippen LogP contribution is -2.47. The Bertz CT molecular complexity index is 698. The Hall–Kier alpha value is -2.63. The molecule has 0 saturated heterocycles. The molecule has 2 amide bonds. The molecule has 0 bridgehead atoms. The van der Waals surface area contributed by atoms with Crippen molar-refractivity contribution in [3.8, 4) is 0 Å². The van der Waals surface area contributed by atoms with E-state index in [2.05, 4.69) is 11.4 Å². The van der Waals surface area contributed by atoms with Gasteiger partial charge >= 0.3 is 5.97 Å². The number of nitrogens with zero attached hydrogens (tertiary/aromatic N) is 1. The summed E-state index contributed by atoms with van der Waals surface area (Å²) < 4.78 is 5.28. The zero-order chi connectivity index (χ0) is 17.1. The van der Waals surface area contributed by atoms with Gasteiger partial charge in [-0.15, -0.1) is 0 Å². The van der Waals surface area contributed by atoms with Crippen molar-refractivity contribution in [3.63, 3.8) is 0 Å². The van der Waals surface area contributed by atoms with Gasteiger partial charge in [0.15, 0.2) is 6.10 Å². The Kier molecular flexibility index (Phi) is 4.64. The van der Waals surface area contributed by atoms with Crippen LogP contribution in [0.4, 0.5) is 11.4 Å². The Morgan fingerprint density at radius 3 is 2.92 bits per heavy atom. The molecule has 1 heterocycles. The van der Waals surface area contributed by atoms with Gasteiger partial charge in [-0.2, -0.15) is 0 Å². The summed E-state index contributed by atoms with van der Waals surface area (Å²) in [4.78, 5) is 37.8. The number of carbonyl (C=O) groups is 3. The monoisotopic (exact) mass is 328 g/mol. The lowest BCUT2D eigenvalue weighted by Gasteiger charge is -2.30. The highest BCUT2D eigenvalue weighted by molar-refractivity contribution is 6.11. The van der Waals surface area contributed by atoms with Crippen molar-refractivity contribution in [1.82, 2.24) is 0 Å². The van der Waals surface area contributed by atoms with Crippen LogP contribution >= 0.6 is 0 Å². The van der Waals surface area contributed by atoms with E-state index in [4.69, 9.17) is 4.74 Å². The van der Waals surface area contributed by atoms with Crippen LogP contribution in [0.25, 0.3) is 0 Å². The molecular formula is C18H20N2O4. The van der Waals surface area contributed by atoms with E-state index in [1.165, 1.54) is 4.90 Å². The molecule has 1 aromatic rings. The third-order valence-electron chi connectivity index (χ3n) is 4.23. The van der Waals surface area contributed by atoms with Crippen molar-refractivity contribution >= 4 is 29.2 Å². The summed E-state index contributed by atoms with van der Waals surface area (Å²) in [6.07, 6.45) is 5.34. The van der Waals surface area contributed by atoms with E-state index in [9.17, 15) is 14.4 Å². The number of para-hydroxylation sites is 2. The highest BCUT2D eigenvalue weighted by atomic mass is 16.5. The molecule has 2 atom stereocenters. The second kappa shape index (κ2) is 6.86. The van der Waals surface area contributed by atoms with Crippen LogP contribution in [-0.4, -0.2) is 30.4 Å². The highest BCUT2D eigenvalue weighted by Gasteiger charge is 2.31. The number of nitrogens with one attached hydrogen (secondary N) is 1. The molecule has 0 spiro atoms. The van der Waals surface area contributed by atoms with E-state index < -0.39 is 12.0 Å². The maximum atomic E-state index is 12.6. The van der Waals surface area contributed by atoms with Gasteiger partial charge in [-0.3, -0.25) is 19.3 Å². The zero-order valence-electron chi connectivity index (χ0n) is 13.5. The van der Waals surface area contributed by atoms with Crippen molar-refractivity contribution in [1.29, 1.82) is 0 Å². The van der Waals surface area contributed by atoms with Crippen LogP contribution in [0.1, 0.15) is 26.2 Å².